The number of aryl methyl sites for hydroxylation is 1. The van der Waals surface area contributed by atoms with E-state index in [-0.39, 0.29) is 12.3 Å². The average Bonchev–Trinajstić information content (AvgIpc) is 2.69. The summed E-state index contributed by atoms with van der Waals surface area (Å²) in [5.41, 5.74) is 1.12. The molecule has 0 unspecified atom stereocenters. The van der Waals surface area contributed by atoms with Crippen molar-refractivity contribution >= 4 is 28.9 Å². The van der Waals surface area contributed by atoms with Gasteiger partial charge in [-0.3, -0.25) is 4.79 Å². The lowest BCUT2D eigenvalue weighted by molar-refractivity contribution is -0.137. The van der Waals surface area contributed by atoms with E-state index in [9.17, 15) is 18.0 Å². The number of benzene rings is 2. The van der Waals surface area contributed by atoms with E-state index < -0.39 is 11.7 Å². The van der Waals surface area contributed by atoms with Gasteiger partial charge in [0.1, 0.15) is 17.5 Å². The molecular weight excluding hydrogens is 407 g/mol. The van der Waals surface area contributed by atoms with Crippen LogP contribution in [-0.2, 0) is 17.4 Å². The lowest BCUT2D eigenvalue weighted by atomic mass is 10.1. The molecule has 1 heterocycles. The normalized spacial score (nSPS) is 11.1. The second-order valence-electron chi connectivity index (χ2n) is 6.84. The molecule has 9 heteroatoms. The van der Waals surface area contributed by atoms with Gasteiger partial charge in [0.15, 0.2) is 0 Å². The van der Waals surface area contributed by atoms with E-state index in [0.29, 0.717) is 22.9 Å². The topological polar surface area (TPSA) is 78.9 Å². The summed E-state index contributed by atoms with van der Waals surface area (Å²) in [5, 5.41) is 9.06. The van der Waals surface area contributed by atoms with E-state index in [1.807, 2.05) is 6.92 Å². The molecule has 0 saturated heterocycles. The number of alkyl halides is 3. The Labute approximate surface area is 177 Å². The Hall–Kier alpha value is -3.62. The third kappa shape index (κ3) is 6.43. The lowest BCUT2D eigenvalue weighted by Gasteiger charge is -2.11. The van der Waals surface area contributed by atoms with Crippen LogP contribution in [0.5, 0.6) is 0 Å². The maximum Gasteiger partial charge on any atom is 0.416 e. The van der Waals surface area contributed by atoms with Crippen molar-refractivity contribution in [3.8, 4) is 0 Å². The van der Waals surface area contributed by atoms with Crippen LogP contribution < -0.4 is 16.0 Å². The summed E-state index contributed by atoms with van der Waals surface area (Å²) in [4.78, 5) is 20.8. The largest absolute Gasteiger partial charge is 0.416 e. The minimum absolute atomic E-state index is 0.0223. The second kappa shape index (κ2) is 9.46. The molecule has 0 spiro atoms. The van der Waals surface area contributed by atoms with Crippen molar-refractivity contribution in [1.29, 1.82) is 0 Å². The van der Waals surface area contributed by atoms with Crippen molar-refractivity contribution in [2.24, 2.45) is 0 Å². The number of nitrogens with one attached hydrogen (secondary N) is 3. The summed E-state index contributed by atoms with van der Waals surface area (Å²) in [5.74, 6) is 1.68. The van der Waals surface area contributed by atoms with Gasteiger partial charge in [-0.05, 0) is 55.8 Å². The van der Waals surface area contributed by atoms with Crippen LogP contribution in [0.25, 0.3) is 0 Å². The van der Waals surface area contributed by atoms with Gasteiger partial charge in [-0.25, -0.2) is 9.97 Å². The van der Waals surface area contributed by atoms with Crippen LogP contribution in [0, 0.1) is 6.92 Å². The predicted molar refractivity (Wildman–Crippen MR) is 114 cm³/mol. The molecule has 3 aromatic rings. The molecule has 6 nitrogen and oxygen atoms in total. The van der Waals surface area contributed by atoms with Gasteiger partial charge in [-0.1, -0.05) is 12.1 Å². The molecule has 0 atom stereocenters. The smallest absolute Gasteiger partial charge is 0.370 e. The number of anilines is 4. The van der Waals surface area contributed by atoms with Gasteiger partial charge in [0.25, 0.3) is 0 Å². The standard InChI is InChI=1S/C22H22F3N5O/c1-3-26-19-13-20(28-14(2)27-19)29-17-8-10-18(11-9-17)30-21(31)12-15-4-6-16(7-5-15)22(23,24)25/h4-11,13H,3,12H2,1-2H3,(H,30,31)(H2,26,27,28,29). The summed E-state index contributed by atoms with van der Waals surface area (Å²) in [7, 11) is 0. The zero-order valence-electron chi connectivity index (χ0n) is 17.0. The van der Waals surface area contributed by atoms with E-state index in [1.165, 1.54) is 12.1 Å². The summed E-state index contributed by atoms with van der Waals surface area (Å²) >= 11 is 0. The first-order chi connectivity index (χ1) is 14.7. The molecule has 3 N–H and O–H groups in total. The van der Waals surface area contributed by atoms with E-state index in [2.05, 4.69) is 25.9 Å². The Morgan fingerprint density at radius 2 is 1.55 bits per heavy atom. The van der Waals surface area contributed by atoms with E-state index >= 15 is 0 Å². The number of hydrogen-bond acceptors (Lipinski definition) is 5. The van der Waals surface area contributed by atoms with Crippen LogP contribution in [0.4, 0.5) is 36.2 Å². The summed E-state index contributed by atoms with van der Waals surface area (Å²) in [6, 6.07) is 13.4. The van der Waals surface area contributed by atoms with Gasteiger partial charge in [-0.2, -0.15) is 13.2 Å². The minimum Gasteiger partial charge on any atom is -0.370 e. The van der Waals surface area contributed by atoms with Crippen molar-refractivity contribution in [3.05, 3.63) is 71.5 Å². The summed E-state index contributed by atoms with van der Waals surface area (Å²) in [6.45, 7) is 4.53. The number of carbonyl (C=O) groups excluding carboxylic acids is 1. The van der Waals surface area contributed by atoms with Gasteiger partial charge >= 0.3 is 6.18 Å². The van der Waals surface area contributed by atoms with Crippen LogP contribution in [0.1, 0.15) is 23.9 Å². The Bertz CT molecular complexity index is 1030. The Morgan fingerprint density at radius 3 is 2.16 bits per heavy atom. The SMILES string of the molecule is CCNc1cc(Nc2ccc(NC(=O)Cc3ccc(C(F)(F)F)cc3)cc2)nc(C)n1. The highest BCUT2D eigenvalue weighted by Gasteiger charge is 2.29. The number of aromatic nitrogens is 2. The zero-order valence-corrected chi connectivity index (χ0v) is 17.0. The van der Waals surface area contributed by atoms with Gasteiger partial charge in [0.05, 0.1) is 12.0 Å². The van der Waals surface area contributed by atoms with Crippen LogP contribution in [-0.4, -0.2) is 22.4 Å². The zero-order chi connectivity index (χ0) is 22.4. The fourth-order valence-electron chi connectivity index (χ4n) is 2.89. The first kappa shape index (κ1) is 22.1. The highest BCUT2D eigenvalue weighted by atomic mass is 19.4. The Morgan fingerprint density at radius 1 is 0.935 bits per heavy atom. The molecule has 1 amide bonds. The molecule has 1 aromatic heterocycles. The van der Waals surface area contributed by atoms with E-state index in [0.717, 1.165) is 30.2 Å². The average molecular weight is 429 g/mol. The number of nitrogens with zero attached hydrogens (tertiary/aromatic N) is 2. The van der Waals surface area contributed by atoms with E-state index in [1.54, 1.807) is 37.3 Å². The molecule has 0 aliphatic carbocycles. The molecule has 0 bridgehead atoms. The molecule has 0 radical (unpaired) electrons. The lowest BCUT2D eigenvalue weighted by Crippen LogP contribution is -2.14. The van der Waals surface area contributed by atoms with Gasteiger partial charge in [0.2, 0.25) is 5.91 Å². The van der Waals surface area contributed by atoms with Crippen molar-refractivity contribution in [1.82, 2.24) is 9.97 Å². The highest BCUT2D eigenvalue weighted by Crippen LogP contribution is 2.29. The number of amides is 1. The van der Waals surface area contributed by atoms with E-state index in [4.69, 9.17) is 0 Å². The molecule has 0 fully saturated rings. The highest BCUT2D eigenvalue weighted by molar-refractivity contribution is 5.92. The third-order valence-corrected chi connectivity index (χ3v) is 4.28. The molecule has 31 heavy (non-hydrogen) atoms. The van der Waals surface area contributed by atoms with Crippen LogP contribution in [0.3, 0.4) is 0 Å². The Kier molecular flexibility index (Phi) is 6.74. The maximum absolute atomic E-state index is 12.6. The first-order valence-electron chi connectivity index (χ1n) is 9.65. The molecule has 0 saturated carbocycles. The monoisotopic (exact) mass is 429 g/mol. The number of rotatable bonds is 7. The maximum atomic E-state index is 12.6. The van der Waals surface area contributed by atoms with Crippen LogP contribution in [0.2, 0.25) is 0 Å². The molecule has 0 aliphatic rings. The van der Waals surface area contributed by atoms with Gasteiger partial charge in [-0.15, -0.1) is 0 Å². The van der Waals surface area contributed by atoms with Crippen molar-refractivity contribution in [2.75, 3.05) is 22.5 Å². The minimum atomic E-state index is -4.39. The molecule has 162 valence electrons. The molecular formula is C22H22F3N5O. The Balaban J connectivity index is 1.58. The quantitative estimate of drug-likeness (QED) is 0.484. The molecule has 3 rings (SSSR count). The fraction of sp³-hybridized carbons (Fsp3) is 0.227. The van der Waals surface area contributed by atoms with Gasteiger partial charge < -0.3 is 16.0 Å². The first-order valence-corrected chi connectivity index (χ1v) is 9.65. The predicted octanol–water partition coefficient (Wildman–Crippen LogP) is 5.16. The van der Waals surface area contributed by atoms with Crippen LogP contribution >= 0.6 is 0 Å². The molecule has 0 aliphatic heterocycles. The van der Waals surface area contributed by atoms with Crippen molar-refractivity contribution in [2.45, 2.75) is 26.4 Å². The number of hydrogen-bond donors (Lipinski definition) is 3. The second-order valence-corrected chi connectivity index (χ2v) is 6.84. The van der Waals surface area contributed by atoms with Crippen LogP contribution in [0.15, 0.2) is 54.6 Å². The third-order valence-electron chi connectivity index (χ3n) is 4.28. The summed E-state index contributed by atoms with van der Waals surface area (Å²) in [6.07, 6.45) is -4.42. The summed E-state index contributed by atoms with van der Waals surface area (Å²) < 4.78 is 37.9. The fourth-order valence-corrected chi connectivity index (χ4v) is 2.89. The molecule has 2 aromatic carbocycles. The number of halogens is 3. The van der Waals surface area contributed by atoms with Crippen molar-refractivity contribution in [3.63, 3.8) is 0 Å². The van der Waals surface area contributed by atoms with Gasteiger partial charge in [0, 0.05) is 24.0 Å². The van der Waals surface area contributed by atoms with Crippen molar-refractivity contribution < 1.29 is 18.0 Å². The number of carbonyl (C=O) groups is 1.